The van der Waals surface area contributed by atoms with Crippen molar-refractivity contribution in [1.29, 1.82) is 0 Å². The van der Waals surface area contributed by atoms with Gasteiger partial charge in [0.1, 0.15) is 6.61 Å². The van der Waals surface area contributed by atoms with Crippen LogP contribution in [0.3, 0.4) is 0 Å². The number of hydrogen-bond acceptors (Lipinski definition) is 13. The molecule has 0 aliphatic heterocycles. The molecule has 24 heteroatoms. The molecular formula is C38H83AgF3NO13SSi5. The molecule has 62 heavy (non-hydrogen) atoms. The summed E-state index contributed by atoms with van der Waals surface area (Å²) in [5.41, 5.74) is -7.15. The molecule has 1 unspecified atom stereocenters. The van der Waals surface area contributed by atoms with E-state index in [1.807, 2.05) is 41.5 Å². The van der Waals surface area contributed by atoms with E-state index in [0.29, 0.717) is 39.6 Å². The third kappa shape index (κ3) is 33.2. The predicted molar refractivity (Wildman–Crippen MR) is 246 cm³/mol. The molecule has 0 amide bonds. The summed E-state index contributed by atoms with van der Waals surface area (Å²) in [5, 5.41) is 11.1. The number of esters is 2. The van der Waals surface area contributed by atoms with Crippen molar-refractivity contribution < 1.29 is 94.1 Å². The summed E-state index contributed by atoms with van der Waals surface area (Å²) in [7, 11) is -16.4. The Hall–Kier alpha value is -0.265. The SMILES string of the molecule is CCC(C)(C)C(=O)OCCC[Si](C)(C)O[Si](C)(C)O[Si](C)(C)O[Si](C)(C)O[Si](C)(C)C.CCC(C)(C)C([O-])=NS(=O)(=O)C(F)(F)F.CCOCCOCCOC(=O)C(C)CC.[Ag+]. The van der Waals surface area contributed by atoms with Gasteiger partial charge < -0.3 is 40.5 Å². The monoisotopic (exact) mass is 1100 g/mol. The molecule has 0 radical (unpaired) electrons. The predicted octanol–water partition coefficient (Wildman–Crippen LogP) is 9.23. The molecule has 0 aromatic carbocycles. The van der Waals surface area contributed by atoms with E-state index >= 15 is 0 Å². The average molecular weight is 1100 g/mol. The van der Waals surface area contributed by atoms with Crippen LogP contribution in [0.4, 0.5) is 13.2 Å². The smallest absolute Gasteiger partial charge is 0.861 e. The van der Waals surface area contributed by atoms with Crippen LogP contribution < -0.4 is 5.11 Å². The largest absolute Gasteiger partial charge is 1.00 e. The van der Waals surface area contributed by atoms with Crippen molar-refractivity contribution in [3.05, 3.63) is 0 Å². The van der Waals surface area contributed by atoms with Gasteiger partial charge in [-0.05, 0) is 136 Å². The van der Waals surface area contributed by atoms with Gasteiger partial charge >= 0.3 is 75.5 Å². The molecule has 0 saturated carbocycles. The van der Waals surface area contributed by atoms with E-state index in [0.717, 1.165) is 25.3 Å². The quantitative estimate of drug-likeness (QED) is 0.0264. The fourth-order valence-electron chi connectivity index (χ4n) is 5.01. The van der Waals surface area contributed by atoms with Crippen LogP contribution in [0.25, 0.3) is 0 Å². The van der Waals surface area contributed by atoms with Crippen LogP contribution >= 0.6 is 0 Å². The number of ether oxygens (including phenoxy) is 4. The summed E-state index contributed by atoms with van der Waals surface area (Å²) in [6, 6.07) is 0.925. The molecule has 0 aliphatic carbocycles. The van der Waals surface area contributed by atoms with Crippen molar-refractivity contribution in [3.63, 3.8) is 0 Å². The van der Waals surface area contributed by atoms with E-state index in [9.17, 15) is 36.3 Å². The van der Waals surface area contributed by atoms with Crippen LogP contribution in [-0.2, 0) is 77.4 Å². The van der Waals surface area contributed by atoms with Crippen LogP contribution in [-0.4, -0.2) is 114 Å². The number of rotatable bonds is 26. The van der Waals surface area contributed by atoms with E-state index in [2.05, 4.69) is 76.4 Å². The minimum atomic E-state index is -5.71. The Balaban J connectivity index is -0.000000453. The van der Waals surface area contributed by atoms with Gasteiger partial charge in [-0.15, -0.1) is 0 Å². The van der Waals surface area contributed by atoms with Crippen molar-refractivity contribution in [2.75, 3.05) is 39.6 Å². The molecule has 0 aromatic heterocycles. The van der Waals surface area contributed by atoms with Crippen LogP contribution in [0.1, 0.15) is 88.0 Å². The number of halogens is 3. The van der Waals surface area contributed by atoms with Gasteiger partial charge in [0.2, 0.25) is 0 Å². The minimum Gasteiger partial charge on any atom is -0.861 e. The summed E-state index contributed by atoms with van der Waals surface area (Å²) in [6.07, 6.45) is 2.60. The Morgan fingerprint density at radius 2 is 1.10 bits per heavy atom. The fourth-order valence-corrected chi connectivity index (χ4v) is 29.3. The van der Waals surface area contributed by atoms with Crippen molar-refractivity contribution in [2.45, 2.75) is 172 Å². The first-order valence-electron chi connectivity index (χ1n) is 21.1. The minimum absolute atomic E-state index is 0. The fraction of sp³-hybridized carbons (Fsp3) is 0.921. The Labute approximate surface area is 394 Å². The van der Waals surface area contributed by atoms with E-state index in [4.69, 9.17) is 35.4 Å². The summed E-state index contributed by atoms with van der Waals surface area (Å²) in [6.45, 7) is 42.5. The van der Waals surface area contributed by atoms with Gasteiger partial charge in [-0.1, -0.05) is 41.5 Å². The maximum Gasteiger partial charge on any atom is 1.00 e. The number of nitrogens with zero attached hydrogens (tertiary/aromatic N) is 1. The van der Waals surface area contributed by atoms with Crippen molar-refractivity contribution in [3.8, 4) is 0 Å². The zero-order chi connectivity index (χ0) is 49.0. The molecule has 0 aliphatic rings. The summed E-state index contributed by atoms with van der Waals surface area (Å²) in [5.74, 6) is -1.58. The van der Waals surface area contributed by atoms with Crippen LogP contribution in [0.15, 0.2) is 4.40 Å². The molecule has 0 saturated heterocycles. The third-order valence-electron chi connectivity index (χ3n) is 8.67. The third-order valence-corrected chi connectivity index (χ3v) is 27.7. The number of carbonyl (C=O) groups is 2. The zero-order valence-corrected chi connectivity index (χ0v) is 48.8. The standard InChI is InChI=1S/C20H50O6Si5.C11H22O4.C7H12F3NO3S.Ag/c1-15-20(2,3)19(21)22-17-16-18-28(7,8)24-30(11,12)26-31(13,14)25-29(9,10)23-27(4,5)6;1-4-10(3)11(12)15-9-8-14-7-6-13-5-2;1-4-6(2,3)5(12)11-15(13,14)7(8,9)10;/h15-18H2,1-14H3;10H,4-9H2,1-3H3;4H2,1-3H3,(H,11,12);/q;;;+1/p-1. The molecule has 1 atom stereocenters. The van der Waals surface area contributed by atoms with Gasteiger partial charge in [0.25, 0.3) is 0 Å². The average Bonchev–Trinajstić information content (AvgIpc) is 3.06. The Morgan fingerprint density at radius 3 is 1.52 bits per heavy atom. The normalized spacial score (nSPS) is 14.1. The second kappa shape index (κ2) is 29.5. The van der Waals surface area contributed by atoms with Gasteiger partial charge in [0, 0.05) is 6.61 Å². The Morgan fingerprint density at radius 1 is 0.661 bits per heavy atom. The van der Waals surface area contributed by atoms with Gasteiger partial charge in [0.15, 0.2) is 16.6 Å². The number of hydrogen-bond donors (Lipinski definition) is 0. The molecule has 0 spiro atoms. The molecule has 14 nitrogen and oxygen atoms in total. The maximum atomic E-state index is 12.1. The van der Waals surface area contributed by atoms with Crippen LogP contribution in [0, 0.1) is 16.7 Å². The van der Waals surface area contributed by atoms with E-state index in [-0.39, 0.29) is 46.7 Å². The summed E-state index contributed by atoms with van der Waals surface area (Å²) < 4.78 is 106. The Kier molecular flexibility index (Phi) is 32.5. The molecular weight excluding hydrogens is 1020 g/mol. The summed E-state index contributed by atoms with van der Waals surface area (Å²) in [4.78, 5) is 23.3. The van der Waals surface area contributed by atoms with Crippen molar-refractivity contribution in [2.24, 2.45) is 21.1 Å². The first-order chi connectivity index (χ1) is 27.2. The first-order valence-corrected chi connectivity index (χ1v) is 37.5. The molecule has 0 aromatic rings. The van der Waals surface area contributed by atoms with Crippen LogP contribution in [0.5, 0.6) is 0 Å². The van der Waals surface area contributed by atoms with E-state index in [1.54, 1.807) is 6.92 Å². The summed E-state index contributed by atoms with van der Waals surface area (Å²) >= 11 is 0. The number of sulfonamides is 1. The molecule has 0 rings (SSSR count). The first kappa shape index (κ1) is 68.3. The maximum absolute atomic E-state index is 12.1. The van der Waals surface area contributed by atoms with Gasteiger partial charge in [-0.25, -0.2) is 0 Å². The zero-order valence-electron chi connectivity index (χ0n) is 41.5. The van der Waals surface area contributed by atoms with Gasteiger partial charge in [0.05, 0.1) is 37.8 Å². The Bertz CT molecular complexity index is 1430. The second-order valence-electron chi connectivity index (χ2n) is 18.8. The molecule has 0 heterocycles. The number of carbonyl (C=O) groups excluding carboxylic acids is 2. The number of alkyl halides is 3. The van der Waals surface area contributed by atoms with Crippen molar-refractivity contribution >= 4 is 70.2 Å². The molecule has 376 valence electrons. The van der Waals surface area contributed by atoms with E-state index < -0.39 is 74.6 Å². The van der Waals surface area contributed by atoms with E-state index in [1.165, 1.54) is 13.8 Å². The van der Waals surface area contributed by atoms with Crippen molar-refractivity contribution in [1.82, 2.24) is 0 Å². The van der Waals surface area contributed by atoms with Gasteiger partial charge in [-0.3, -0.25) is 9.59 Å². The van der Waals surface area contributed by atoms with Gasteiger partial charge in [-0.2, -0.15) is 26.0 Å². The second-order valence-corrected chi connectivity index (χ2v) is 40.3. The topological polar surface area (TPSA) is 178 Å². The molecule has 0 bridgehead atoms. The van der Waals surface area contributed by atoms with Crippen LogP contribution in [0.2, 0.25) is 78.1 Å². The molecule has 0 fully saturated rings. The molecule has 0 N–H and O–H groups in total.